The molecule has 0 fully saturated rings. The Kier molecular flexibility index (Phi) is 4.27. The van der Waals surface area contributed by atoms with Crippen molar-refractivity contribution in [1.82, 2.24) is 0 Å². The minimum atomic E-state index is 1.28. The molecule has 0 atom stereocenters. The molecular weight excluding hydrogens is 504 g/mol. The molecule has 10 rings (SSSR count). The Hall–Kier alpha value is -5.46. The molecule has 0 heterocycles. The standard InChI is InChI=1S/C42H24/c1-2-11-27-20-36-35(19-26(27)10-1)37-21-28-18-17-25-9-3-4-12-29(25)34(28)22-40(37)42-24-39-33-16-8-6-14-31(33)30-13-5-7-15-32(30)38(39)23-41(36)42/h1-24H. The summed E-state index contributed by atoms with van der Waals surface area (Å²) in [4.78, 5) is 0. The first-order valence-electron chi connectivity index (χ1n) is 14.7. The highest BCUT2D eigenvalue weighted by Gasteiger charge is 2.16. The average molecular weight is 529 g/mol. The van der Waals surface area contributed by atoms with Crippen LogP contribution >= 0.6 is 0 Å². The van der Waals surface area contributed by atoms with Crippen molar-refractivity contribution in [3.05, 3.63) is 146 Å². The van der Waals surface area contributed by atoms with Crippen molar-refractivity contribution in [2.45, 2.75) is 0 Å². The van der Waals surface area contributed by atoms with Gasteiger partial charge in [0.25, 0.3) is 0 Å². The molecule has 0 aliphatic rings. The quantitative estimate of drug-likeness (QED) is 0.136. The molecule has 0 spiro atoms. The van der Waals surface area contributed by atoms with E-state index < -0.39 is 0 Å². The molecule has 192 valence electrons. The summed E-state index contributed by atoms with van der Waals surface area (Å²) >= 11 is 0. The fourth-order valence-corrected chi connectivity index (χ4v) is 7.58. The third-order valence-corrected chi connectivity index (χ3v) is 9.52. The van der Waals surface area contributed by atoms with Crippen LogP contribution in [0.2, 0.25) is 0 Å². The summed E-state index contributed by atoms with van der Waals surface area (Å²) < 4.78 is 0. The molecule has 0 aliphatic carbocycles. The maximum absolute atomic E-state index is 2.48. The van der Waals surface area contributed by atoms with Crippen LogP contribution in [0.15, 0.2) is 146 Å². The SMILES string of the molecule is c1ccc2cc3c(cc2c1)c1cc2ccc4ccccc4c2cc1c1cc2c4ccccc4c4ccccc4c2cc31. The first-order valence-corrected chi connectivity index (χ1v) is 14.7. The first-order chi connectivity index (χ1) is 20.8. The third kappa shape index (κ3) is 2.91. The Labute approximate surface area is 242 Å². The molecule has 0 saturated heterocycles. The second-order valence-electron chi connectivity index (χ2n) is 11.7. The first kappa shape index (κ1) is 22.3. The largest absolute Gasteiger partial charge is 0.0616 e. The van der Waals surface area contributed by atoms with Gasteiger partial charge in [-0.1, -0.05) is 109 Å². The third-order valence-electron chi connectivity index (χ3n) is 9.52. The molecule has 0 amide bonds. The number of hydrogen-bond donors (Lipinski definition) is 0. The van der Waals surface area contributed by atoms with Gasteiger partial charge in [0.05, 0.1) is 0 Å². The highest BCUT2D eigenvalue weighted by molar-refractivity contribution is 6.35. The molecule has 0 heteroatoms. The second kappa shape index (κ2) is 8.06. The van der Waals surface area contributed by atoms with Crippen molar-refractivity contribution in [1.29, 1.82) is 0 Å². The number of fused-ring (bicyclic) bond motifs is 16. The van der Waals surface area contributed by atoms with Crippen LogP contribution in [0.25, 0.3) is 97.0 Å². The van der Waals surface area contributed by atoms with Gasteiger partial charge in [-0.25, -0.2) is 0 Å². The molecule has 0 nitrogen and oxygen atoms in total. The topological polar surface area (TPSA) is 0 Å². The molecule has 10 aromatic carbocycles. The molecule has 0 saturated carbocycles. The van der Waals surface area contributed by atoms with E-state index in [2.05, 4.69) is 146 Å². The van der Waals surface area contributed by atoms with Crippen LogP contribution in [-0.2, 0) is 0 Å². The molecule has 0 aliphatic heterocycles. The maximum Gasteiger partial charge on any atom is -0.00921 e. The molecule has 10 aromatic rings. The minimum Gasteiger partial charge on any atom is -0.0616 e. The zero-order valence-corrected chi connectivity index (χ0v) is 22.9. The van der Waals surface area contributed by atoms with E-state index in [1.165, 1.54) is 97.0 Å². The Morgan fingerprint density at radius 3 is 1.00 bits per heavy atom. The Morgan fingerprint density at radius 1 is 0.167 bits per heavy atom. The predicted molar refractivity (Wildman–Crippen MR) is 184 cm³/mol. The molecule has 0 bridgehead atoms. The van der Waals surface area contributed by atoms with Crippen molar-refractivity contribution >= 4 is 97.0 Å². The van der Waals surface area contributed by atoms with Gasteiger partial charge in [0.1, 0.15) is 0 Å². The van der Waals surface area contributed by atoms with Gasteiger partial charge in [0.15, 0.2) is 0 Å². The van der Waals surface area contributed by atoms with Crippen molar-refractivity contribution in [3.63, 3.8) is 0 Å². The van der Waals surface area contributed by atoms with Gasteiger partial charge in [-0.3, -0.25) is 0 Å². The smallest absolute Gasteiger partial charge is 0.00921 e. The summed E-state index contributed by atoms with van der Waals surface area (Å²) in [5.74, 6) is 0. The van der Waals surface area contributed by atoms with E-state index >= 15 is 0 Å². The lowest BCUT2D eigenvalue weighted by atomic mass is 9.87. The minimum absolute atomic E-state index is 1.28. The number of rotatable bonds is 0. The van der Waals surface area contributed by atoms with Crippen LogP contribution in [0.5, 0.6) is 0 Å². The molecule has 0 unspecified atom stereocenters. The van der Waals surface area contributed by atoms with E-state index in [1.807, 2.05) is 0 Å². The summed E-state index contributed by atoms with van der Waals surface area (Å²) in [6, 6.07) is 54.5. The molecule has 0 N–H and O–H groups in total. The van der Waals surface area contributed by atoms with Gasteiger partial charge >= 0.3 is 0 Å². The highest BCUT2D eigenvalue weighted by atomic mass is 14.2. The van der Waals surface area contributed by atoms with E-state index in [9.17, 15) is 0 Å². The maximum atomic E-state index is 2.48. The zero-order valence-electron chi connectivity index (χ0n) is 22.9. The monoisotopic (exact) mass is 528 g/mol. The van der Waals surface area contributed by atoms with Crippen molar-refractivity contribution in [3.8, 4) is 0 Å². The molecule has 0 aromatic heterocycles. The summed E-state index contributed by atoms with van der Waals surface area (Å²) in [5, 5.41) is 23.5. The molecular formula is C42H24. The van der Waals surface area contributed by atoms with Crippen LogP contribution in [0.4, 0.5) is 0 Å². The lowest BCUT2D eigenvalue weighted by molar-refractivity contribution is 1.78. The molecule has 42 heavy (non-hydrogen) atoms. The summed E-state index contributed by atoms with van der Waals surface area (Å²) in [6.07, 6.45) is 0. The van der Waals surface area contributed by atoms with Crippen LogP contribution in [0.3, 0.4) is 0 Å². The van der Waals surface area contributed by atoms with E-state index in [1.54, 1.807) is 0 Å². The van der Waals surface area contributed by atoms with E-state index in [0.29, 0.717) is 0 Å². The zero-order chi connectivity index (χ0) is 27.4. The second-order valence-corrected chi connectivity index (χ2v) is 11.7. The van der Waals surface area contributed by atoms with Gasteiger partial charge in [-0.15, -0.1) is 0 Å². The van der Waals surface area contributed by atoms with Gasteiger partial charge < -0.3 is 0 Å². The highest BCUT2D eigenvalue weighted by Crippen LogP contribution is 2.44. The van der Waals surface area contributed by atoms with Crippen molar-refractivity contribution in [2.75, 3.05) is 0 Å². The summed E-state index contributed by atoms with van der Waals surface area (Å²) in [7, 11) is 0. The van der Waals surface area contributed by atoms with Crippen molar-refractivity contribution in [2.24, 2.45) is 0 Å². The summed E-state index contributed by atoms with van der Waals surface area (Å²) in [6.45, 7) is 0. The van der Waals surface area contributed by atoms with Crippen molar-refractivity contribution < 1.29 is 0 Å². The van der Waals surface area contributed by atoms with Crippen LogP contribution in [-0.4, -0.2) is 0 Å². The fourth-order valence-electron chi connectivity index (χ4n) is 7.58. The predicted octanol–water partition coefficient (Wildman–Crippen LogP) is 12.1. The van der Waals surface area contributed by atoms with Gasteiger partial charge in [-0.05, 0) is 133 Å². The average Bonchev–Trinajstić information content (AvgIpc) is 3.06. The van der Waals surface area contributed by atoms with Gasteiger partial charge in [0.2, 0.25) is 0 Å². The molecule has 0 radical (unpaired) electrons. The Bertz CT molecular complexity index is 2760. The lowest BCUT2D eigenvalue weighted by Crippen LogP contribution is -1.89. The van der Waals surface area contributed by atoms with Gasteiger partial charge in [0, 0.05) is 0 Å². The van der Waals surface area contributed by atoms with Crippen LogP contribution < -0.4 is 0 Å². The lowest BCUT2D eigenvalue weighted by Gasteiger charge is -2.17. The summed E-state index contributed by atoms with van der Waals surface area (Å²) in [5.41, 5.74) is 0. The van der Waals surface area contributed by atoms with E-state index in [-0.39, 0.29) is 0 Å². The fraction of sp³-hybridized carbons (Fsp3) is 0. The number of hydrogen-bond acceptors (Lipinski definition) is 0. The Balaban J connectivity index is 1.51. The number of benzene rings is 10. The van der Waals surface area contributed by atoms with E-state index in [4.69, 9.17) is 0 Å². The normalized spacial score (nSPS) is 12.3. The van der Waals surface area contributed by atoms with Crippen LogP contribution in [0, 0.1) is 0 Å². The Morgan fingerprint density at radius 2 is 0.476 bits per heavy atom. The van der Waals surface area contributed by atoms with Gasteiger partial charge in [-0.2, -0.15) is 0 Å². The van der Waals surface area contributed by atoms with E-state index in [0.717, 1.165) is 0 Å². The van der Waals surface area contributed by atoms with Crippen LogP contribution in [0.1, 0.15) is 0 Å².